The van der Waals surface area contributed by atoms with Gasteiger partial charge in [0.2, 0.25) is 5.91 Å². The van der Waals surface area contributed by atoms with Crippen molar-refractivity contribution in [3.05, 3.63) is 18.2 Å². The van der Waals surface area contributed by atoms with Gasteiger partial charge in [-0.25, -0.2) is 4.98 Å². The van der Waals surface area contributed by atoms with Crippen LogP contribution in [0.4, 0.5) is 0 Å². The van der Waals surface area contributed by atoms with Crippen molar-refractivity contribution in [2.75, 3.05) is 12.0 Å². The largest absolute Gasteiger partial charge is 0.345 e. The van der Waals surface area contributed by atoms with Crippen LogP contribution < -0.4 is 5.32 Å². The number of thioether (sulfide) groups is 1. The van der Waals surface area contributed by atoms with Crippen molar-refractivity contribution in [1.29, 1.82) is 0 Å². The van der Waals surface area contributed by atoms with Crippen molar-refractivity contribution in [3.63, 3.8) is 0 Å². The maximum atomic E-state index is 11.6. The van der Waals surface area contributed by atoms with Crippen LogP contribution in [-0.2, 0) is 11.8 Å². The summed E-state index contributed by atoms with van der Waals surface area (Å²) in [4.78, 5) is 15.9. The van der Waals surface area contributed by atoms with Gasteiger partial charge in [0.05, 0.1) is 11.8 Å². The van der Waals surface area contributed by atoms with Gasteiger partial charge >= 0.3 is 0 Å². The zero-order valence-corrected chi connectivity index (χ0v) is 10.9. The van der Waals surface area contributed by atoms with Gasteiger partial charge in [0, 0.05) is 19.4 Å². The van der Waals surface area contributed by atoms with Crippen LogP contribution in [0, 0.1) is 0 Å². The van der Waals surface area contributed by atoms with E-state index in [2.05, 4.69) is 17.2 Å². The third kappa shape index (κ3) is 3.56. The molecule has 0 unspecified atom stereocenters. The zero-order chi connectivity index (χ0) is 12.0. The summed E-state index contributed by atoms with van der Waals surface area (Å²) < 4.78 is 1.96. The SMILES string of the molecule is CCC[C@H](NC(=O)CSC)c1nccn1C. The third-order valence-electron chi connectivity index (χ3n) is 2.36. The number of carbonyl (C=O) groups is 1. The number of nitrogens with one attached hydrogen (secondary N) is 1. The maximum absolute atomic E-state index is 11.6. The fourth-order valence-electron chi connectivity index (χ4n) is 1.63. The standard InChI is InChI=1S/C11H19N3OS/c1-4-5-9(13-10(15)8-16-3)11-12-6-7-14(11)2/h6-7,9H,4-5,8H2,1-3H3,(H,13,15)/t9-/m0/s1. The predicted octanol–water partition coefficient (Wildman–Crippen LogP) is 1.74. The molecule has 1 atom stereocenters. The smallest absolute Gasteiger partial charge is 0.230 e. The Labute approximate surface area is 101 Å². The molecule has 0 aliphatic heterocycles. The average Bonchev–Trinajstić information content (AvgIpc) is 2.64. The van der Waals surface area contributed by atoms with E-state index < -0.39 is 0 Å². The van der Waals surface area contributed by atoms with Gasteiger partial charge < -0.3 is 9.88 Å². The van der Waals surface area contributed by atoms with E-state index in [1.54, 1.807) is 6.20 Å². The second-order valence-electron chi connectivity index (χ2n) is 3.74. The van der Waals surface area contributed by atoms with Crippen molar-refractivity contribution in [3.8, 4) is 0 Å². The molecule has 0 fully saturated rings. The van der Waals surface area contributed by atoms with Crippen molar-refractivity contribution in [2.24, 2.45) is 7.05 Å². The Hall–Kier alpha value is -0.970. The van der Waals surface area contributed by atoms with Crippen molar-refractivity contribution in [2.45, 2.75) is 25.8 Å². The summed E-state index contributed by atoms with van der Waals surface area (Å²) >= 11 is 1.53. The maximum Gasteiger partial charge on any atom is 0.230 e. The van der Waals surface area contributed by atoms with Crippen LogP contribution >= 0.6 is 11.8 Å². The Morgan fingerprint density at radius 2 is 2.44 bits per heavy atom. The molecule has 5 heteroatoms. The number of hydrogen-bond donors (Lipinski definition) is 1. The molecule has 0 saturated carbocycles. The van der Waals surface area contributed by atoms with Gasteiger partial charge in [-0.1, -0.05) is 13.3 Å². The Kier molecular flexibility index (Phi) is 5.38. The molecule has 1 heterocycles. The normalized spacial score (nSPS) is 12.4. The first-order chi connectivity index (χ1) is 7.69. The molecule has 0 radical (unpaired) electrons. The molecule has 0 bridgehead atoms. The first-order valence-corrected chi connectivity index (χ1v) is 6.84. The molecule has 0 spiro atoms. The molecular formula is C11H19N3OS. The Morgan fingerprint density at radius 1 is 1.69 bits per heavy atom. The lowest BCUT2D eigenvalue weighted by molar-refractivity contribution is -0.119. The number of hydrogen-bond acceptors (Lipinski definition) is 3. The number of imidazole rings is 1. The summed E-state index contributed by atoms with van der Waals surface area (Å²) in [6, 6.07) is 0.0321. The van der Waals surface area contributed by atoms with E-state index >= 15 is 0 Å². The summed E-state index contributed by atoms with van der Waals surface area (Å²) in [6.45, 7) is 2.11. The Morgan fingerprint density at radius 3 is 2.94 bits per heavy atom. The van der Waals surface area contributed by atoms with Crippen molar-refractivity contribution < 1.29 is 4.79 Å². The first kappa shape index (κ1) is 13.1. The molecule has 0 aliphatic carbocycles. The molecule has 0 aliphatic rings. The van der Waals surface area contributed by atoms with Crippen molar-refractivity contribution in [1.82, 2.24) is 14.9 Å². The van der Waals surface area contributed by atoms with Crippen LogP contribution in [0.1, 0.15) is 31.6 Å². The van der Waals surface area contributed by atoms with Crippen LogP contribution in [-0.4, -0.2) is 27.5 Å². The molecule has 0 aromatic carbocycles. The second-order valence-corrected chi connectivity index (χ2v) is 4.60. The monoisotopic (exact) mass is 241 g/mol. The zero-order valence-electron chi connectivity index (χ0n) is 10.1. The lowest BCUT2D eigenvalue weighted by Crippen LogP contribution is -2.31. The van der Waals surface area contributed by atoms with Crippen LogP contribution in [0.25, 0.3) is 0 Å². The van der Waals surface area contributed by atoms with Crippen LogP contribution in [0.2, 0.25) is 0 Å². The van der Waals surface area contributed by atoms with Crippen molar-refractivity contribution >= 4 is 17.7 Å². The summed E-state index contributed by atoms with van der Waals surface area (Å²) in [5.74, 6) is 1.51. The van der Waals surface area contributed by atoms with Crippen LogP contribution in [0.5, 0.6) is 0 Å². The fourth-order valence-corrected chi connectivity index (χ4v) is 1.98. The number of aryl methyl sites for hydroxylation is 1. The first-order valence-electron chi connectivity index (χ1n) is 5.44. The third-order valence-corrected chi connectivity index (χ3v) is 2.91. The van der Waals surface area contributed by atoms with Crippen LogP contribution in [0.3, 0.4) is 0 Å². The number of rotatable bonds is 6. The minimum Gasteiger partial charge on any atom is -0.345 e. The molecule has 1 N–H and O–H groups in total. The van der Waals surface area contributed by atoms with E-state index in [4.69, 9.17) is 0 Å². The molecule has 4 nitrogen and oxygen atoms in total. The fraction of sp³-hybridized carbons (Fsp3) is 0.636. The quantitative estimate of drug-likeness (QED) is 0.825. The highest BCUT2D eigenvalue weighted by Gasteiger charge is 2.16. The molecule has 1 aromatic rings. The highest BCUT2D eigenvalue weighted by molar-refractivity contribution is 7.99. The second kappa shape index (κ2) is 6.58. The van der Waals surface area contributed by atoms with Gasteiger partial charge in [-0.05, 0) is 12.7 Å². The van der Waals surface area contributed by atoms with E-state index in [-0.39, 0.29) is 11.9 Å². The minimum atomic E-state index is 0.0321. The van der Waals surface area contributed by atoms with E-state index in [1.165, 1.54) is 11.8 Å². The van der Waals surface area contributed by atoms with Gasteiger partial charge in [-0.3, -0.25) is 4.79 Å². The highest BCUT2D eigenvalue weighted by atomic mass is 32.2. The molecule has 0 saturated heterocycles. The van der Waals surface area contributed by atoms with Gasteiger partial charge in [0.25, 0.3) is 0 Å². The molecule has 1 amide bonds. The molecular weight excluding hydrogens is 222 g/mol. The number of aromatic nitrogens is 2. The van der Waals surface area contributed by atoms with Crippen LogP contribution in [0.15, 0.2) is 12.4 Å². The summed E-state index contributed by atoms with van der Waals surface area (Å²) in [7, 11) is 1.95. The number of nitrogens with zero attached hydrogens (tertiary/aromatic N) is 2. The van der Waals surface area contributed by atoms with Gasteiger partial charge in [-0.2, -0.15) is 11.8 Å². The molecule has 90 valence electrons. The number of amides is 1. The summed E-state index contributed by atoms with van der Waals surface area (Å²) in [6.07, 6.45) is 7.54. The highest BCUT2D eigenvalue weighted by Crippen LogP contribution is 2.16. The molecule has 1 rings (SSSR count). The summed E-state index contributed by atoms with van der Waals surface area (Å²) in [5.41, 5.74) is 0. The average molecular weight is 241 g/mol. The van der Waals surface area contributed by atoms with E-state index in [0.717, 1.165) is 18.7 Å². The minimum absolute atomic E-state index is 0.0321. The summed E-state index contributed by atoms with van der Waals surface area (Å²) in [5, 5.41) is 3.02. The predicted molar refractivity (Wildman–Crippen MR) is 67.4 cm³/mol. The van der Waals surface area contributed by atoms with E-state index in [9.17, 15) is 4.79 Å². The topological polar surface area (TPSA) is 46.9 Å². The Balaban J connectivity index is 2.68. The van der Waals surface area contributed by atoms with E-state index in [0.29, 0.717) is 5.75 Å². The molecule has 16 heavy (non-hydrogen) atoms. The van der Waals surface area contributed by atoms with Gasteiger partial charge in [0.1, 0.15) is 5.82 Å². The van der Waals surface area contributed by atoms with Gasteiger partial charge in [-0.15, -0.1) is 0 Å². The molecule has 1 aromatic heterocycles. The Bertz CT molecular complexity index is 338. The van der Waals surface area contributed by atoms with E-state index in [1.807, 2.05) is 24.1 Å². The lowest BCUT2D eigenvalue weighted by atomic mass is 10.1. The lowest BCUT2D eigenvalue weighted by Gasteiger charge is -2.17. The number of carbonyl (C=O) groups excluding carboxylic acids is 1. The van der Waals surface area contributed by atoms with Gasteiger partial charge in [0.15, 0.2) is 0 Å².